The number of carboxylic acid groups (broad SMARTS) is 1. The van der Waals surface area contributed by atoms with Gasteiger partial charge in [0, 0.05) is 12.1 Å². The Balaban J connectivity index is 0.00000133. The summed E-state index contributed by atoms with van der Waals surface area (Å²) in [6.45, 7) is 2.75. The smallest absolute Gasteiger partial charge is 0.543 e. The minimum Gasteiger partial charge on any atom is -0.543 e. The molecule has 0 unspecified atom stereocenters. The van der Waals surface area contributed by atoms with E-state index in [1.807, 2.05) is 0 Å². The number of hydrogen-bond donors (Lipinski definition) is 2. The Bertz CT molecular complexity index is 621. The van der Waals surface area contributed by atoms with Crippen LogP contribution in [0.4, 0.5) is 0 Å². The SMILES string of the molecule is CC1(NCc2cc(C(=O)[O-])nc3cn[nH]c23)CC1.[Li+]. The van der Waals surface area contributed by atoms with Crippen molar-refractivity contribution >= 4 is 17.0 Å². The van der Waals surface area contributed by atoms with Gasteiger partial charge < -0.3 is 15.2 Å². The predicted octanol–water partition coefficient (Wildman–Crippen LogP) is -3.03. The average Bonchev–Trinajstić information content (AvgIpc) is 2.90. The summed E-state index contributed by atoms with van der Waals surface area (Å²) in [5.74, 6) is -1.27. The first-order valence-electron chi connectivity index (χ1n) is 5.87. The van der Waals surface area contributed by atoms with Crippen molar-refractivity contribution in [2.75, 3.05) is 0 Å². The Morgan fingerprint density at radius 3 is 2.95 bits per heavy atom. The van der Waals surface area contributed by atoms with Crippen LogP contribution in [0.5, 0.6) is 0 Å². The van der Waals surface area contributed by atoms with Crippen LogP contribution in [0.15, 0.2) is 12.3 Å². The molecule has 0 aliphatic heterocycles. The summed E-state index contributed by atoms with van der Waals surface area (Å²) in [4.78, 5) is 14.9. The molecule has 1 fully saturated rings. The van der Waals surface area contributed by atoms with Gasteiger partial charge in [-0.05, 0) is 31.4 Å². The fraction of sp³-hybridized carbons (Fsp3) is 0.417. The van der Waals surface area contributed by atoms with E-state index in [1.54, 1.807) is 0 Å². The summed E-state index contributed by atoms with van der Waals surface area (Å²) in [5, 5.41) is 21.1. The Labute approximate surface area is 122 Å². The van der Waals surface area contributed by atoms with Crippen LogP contribution in [0.2, 0.25) is 0 Å². The molecule has 7 heteroatoms. The minimum absolute atomic E-state index is 0. The van der Waals surface area contributed by atoms with E-state index in [0.717, 1.165) is 23.9 Å². The fourth-order valence-corrected chi connectivity index (χ4v) is 1.92. The van der Waals surface area contributed by atoms with Crippen LogP contribution in [0.1, 0.15) is 35.8 Å². The molecule has 2 aromatic rings. The van der Waals surface area contributed by atoms with Crippen LogP contribution in [0.3, 0.4) is 0 Å². The Morgan fingerprint density at radius 1 is 1.58 bits per heavy atom. The summed E-state index contributed by atoms with van der Waals surface area (Å²) in [6, 6.07) is 1.54. The molecule has 0 spiro atoms. The number of carbonyl (C=O) groups is 1. The maximum Gasteiger partial charge on any atom is 1.00 e. The first-order valence-corrected chi connectivity index (χ1v) is 5.87. The number of H-pyrrole nitrogens is 1. The first kappa shape index (κ1) is 14.1. The molecule has 0 atom stereocenters. The molecule has 1 aliphatic carbocycles. The molecule has 1 aliphatic rings. The van der Waals surface area contributed by atoms with Crippen molar-refractivity contribution in [3.05, 3.63) is 23.5 Å². The summed E-state index contributed by atoms with van der Waals surface area (Å²) in [7, 11) is 0. The van der Waals surface area contributed by atoms with Gasteiger partial charge in [-0.2, -0.15) is 5.10 Å². The summed E-state index contributed by atoms with van der Waals surface area (Å²) >= 11 is 0. The maximum atomic E-state index is 10.9. The van der Waals surface area contributed by atoms with Gasteiger partial charge in [-0.3, -0.25) is 5.10 Å². The van der Waals surface area contributed by atoms with E-state index in [4.69, 9.17) is 0 Å². The number of aromatic nitrogens is 3. The standard InChI is InChI=1S/C12H14N4O2.Li/c1-12(2-3-12)13-5-7-4-8(11(17)18)15-9-6-14-16-10(7)9;/h4,6,13H,2-3,5H2,1H3,(H,14,16)(H,17,18);/q;+1/p-1. The van der Waals surface area contributed by atoms with Crippen molar-refractivity contribution in [1.82, 2.24) is 20.5 Å². The van der Waals surface area contributed by atoms with Crippen LogP contribution in [-0.2, 0) is 6.54 Å². The summed E-state index contributed by atoms with van der Waals surface area (Å²) < 4.78 is 0. The molecule has 3 rings (SSSR count). The van der Waals surface area contributed by atoms with E-state index in [1.165, 1.54) is 12.3 Å². The van der Waals surface area contributed by atoms with E-state index in [0.29, 0.717) is 12.1 Å². The summed E-state index contributed by atoms with van der Waals surface area (Å²) in [6.07, 6.45) is 3.82. The van der Waals surface area contributed by atoms with Crippen molar-refractivity contribution in [3.8, 4) is 0 Å². The number of pyridine rings is 1. The van der Waals surface area contributed by atoms with Gasteiger partial charge in [0.05, 0.1) is 23.4 Å². The van der Waals surface area contributed by atoms with Crippen LogP contribution in [-0.4, -0.2) is 26.7 Å². The third-order valence-corrected chi connectivity index (χ3v) is 3.41. The van der Waals surface area contributed by atoms with Gasteiger partial charge in [0.25, 0.3) is 0 Å². The molecule has 0 saturated heterocycles. The van der Waals surface area contributed by atoms with Crippen LogP contribution in [0.25, 0.3) is 11.0 Å². The van der Waals surface area contributed by atoms with E-state index < -0.39 is 5.97 Å². The number of hydrogen-bond acceptors (Lipinski definition) is 5. The minimum atomic E-state index is -1.27. The molecule has 2 N–H and O–H groups in total. The molecule has 1 saturated carbocycles. The quantitative estimate of drug-likeness (QED) is 0.564. The van der Waals surface area contributed by atoms with Gasteiger partial charge in [-0.25, -0.2) is 4.98 Å². The maximum absolute atomic E-state index is 10.9. The molecule has 0 amide bonds. The fourth-order valence-electron chi connectivity index (χ4n) is 1.92. The number of carboxylic acids is 1. The van der Waals surface area contributed by atoms with Crippen molar-refractivity contribution in [2.24, 2.45) is 0 Å². The zero-order chi connectivity index (χ0) is 12.8. The number of nitrogens with zero attached hydrogens (tertiary/aromatic N) is 2. The van der Waals surface area contributed by atoms with E-state index in [9.17, 15) is 9.90 Å². The van der Waals surface area contributed by atoms with E-state index in [-0.39, 0.29) is 30.1 Å². The Kier molecular flexibility index (Phi) is 3.68. The molecule has 94 valence electrons. The molecule has 0 radical (unpaired) electrons. The van der Waals surface area contributed by atoms with Gasteiger partial charge in [-0.15, -0.1) is 0 Å². The van der Waals surface area contributed by atoms with Gasteiger partial charge in [0.15, 0.2) is 0 Å². The number of rotatable bonds is 4. The Morgan fingerprint density at radius 2 is 2.32 bits per heavy atom. The average molecular weight is 252 g/mol. The van der Waals surface area contributed by atoms with Gasteiger partial charge in [0.1, 0.15) is 5.52 Å². The molecule has 0 aromatic carbocycles. The molecule has 6 nitrogen and oxygen atoms in total. The van der Waals surface area contributed by atoms with Gasteiger partial charge >= 0.3 is 18.9 Å². The third kappa shape index (κ3) is 2.81. The van der Waals surface area contributed by atoms with Gasteiger partial charge in [0.2, 0.25) is 0 Å². The predicted molar refractivity (Wildman–Crippen MR) is 62.7 cm³/mol. The van der Waals surface area contributed by atoms with Crippen LogP contribution in [0, 0.1) is 0 Å². The van der Waals surface area contributed by atoms with Crippen molar-refractivity contribution < 1.29 is 28.8 Å². The number of fused-ring (bicyclic) bond motifs is 1. The Hall–Kier alpha value is -1.35. The first-order chi connectivity index (χ1) is 8.57. The zero-order valence-corrected chi connectivity index (χ0v) is 11.0. The third-order valence-electron chi connectivity index (χ3n) is 3.41. The normalized spacial score (nSPS) is 16.1. The largest absolute Gasteiger partial charge is 1.00 e. The number of aromatic carboxylic acids is 1. The second-order valence-electron chi connectivity index (χ2n) is 5.00. The molecule has 2 heterocycles. The molecule has 2 aromatic heterocycles. The van der Waals surface area contributed by atoms with Crippen molar-refractivity contribution in [3.63, 3.8) is 0 Å². The molecular weight excluding hydrogens is 239 g/mol. The number of carbonyl (C=O) groups excluding carboxylic acids is 1. The second-order valence-corrected chi connectivity index (χ2v) is 5.00. The van der Waals surface area contributed by atoms with Crippen molar-refractivity contribution in [1.29, 1.82) is 0 Å². The molecule has 19 heavy (non-hydrogen) atoms. The summed E-state index contributed by atoms with van der Waals surface area (Å²) in [5.41, 5.74) is 2.31. The number of nitrogens with one attached hydrogen (secondary N) is 2. The monoisotopic (exact) mass is 252 g/mol. The zero-order valence-electron chi connectivity index (χ0n) is 11.0. The van der Waals surface area contributed by atoms with E-state index >= 15 is 0 Å². The second kappa shape index (κ2) is 4.97. The molecular formula is C12H13LiN4O2. The van der Waals surface area contributed by atoms with Crippen LogP contribution < -0.4 is 29.3 Å². The molecule has 0 bridgehead atoms. The van der Waals surface area contributed by atoms with Crippen LogP contribution >= 0.6 is 0 Å². The topological polar surface area (TPSA) is 93.7 Å². The van der Waals surface area contributed by atoms with E-state index in [2.05, 4.69) is 27.4 Å². The van der Waals surface area contributed by atoms with Crippen molar-refractivity contribution in [2.45, 2.75) is 31.8 Å². The van der Waals surface area contributed by atoms with Gasteiger partial charge in [-0.1, -0.05) is 0 Å². The number of aromatic amines is 1.